The minimum atomic E-state index is 0.628. The van der Waals surface area contributed by atoms with Gasteiger partial charge in [0.15, 0.2) is 0 Å². The van der Waals surface area contributed by atoms with Crippen LogP contribution in [0.5, 0.6) is 0 Å². The largest absolute Gasteiger partial charge is 0.441 e. The highest BCUT2D eigenvalue weighted by Gasteiger charge is 2.05. The third-order valence-electron chi connectivity index (χ3n) is 2.56. The fraction of sp³-hybridized carbons (Fsp3) is 0.0714. The normalized spacial score (nSPS) is 10.8. The minimum absolute atomic E-state index is 0.628. The van der Waals surface area contributed by atoms with Crippen LogP contribution >= 0.6 is 0 Å². The Balaban J connectivity index is 2.18. The van der Waals surface area contributed by atoms with Crippen LogP contribution in [0.15, 0.2) is 46.9 Å². The zero-order valence-corrected chi connectivity index (χ0v) is 8.90. The van der Waals surface area contributed by atoms with Crippen LogP contribution in [0.3, 0.4) is 0 Å². The van der Waals surface area contributed by atoms with Crippen molar-refractivity contribution in [3.05, 3.63) is 54.4 Å². The first kappa shape index (κ1) is 9.16. The number of rotatable bonds is 1. The summed E-state index contributed by atoms with van der Waals surface area (Å²) in [5.74, 6) is 1.34. The summed E-state index contributed by atoms with van der Waals surface area (Å²) in [7, 11) is 0. The molecule has 2 aromatic carbocycles. The lowest BCUT2D eigenvalue weighted by atomic mass is 10.1. The van der Waals surface area contributed by atoms with Crippen LogP contribution in [0.2, 0.25) is 0 Å². The van der Waals surface area contributed by atoms with Crippen LogP contribution in [-0.4, -0.2) is 4.98 Å². The highest BCUT2D eigenvalue weighted by atomic mass is 16.4. The minimum Gasteiger partial charge on any atom is -0.441 e. The molecule has 0 aliphatic rings. The van der Waals surface area contributed by atoms with Crippen LogP contribution in [-0.2, 0) is 0 Å². The van der Waals surface area contributed by atoms with Crippen LogP contribution < -0.4 is 0 Å². The Bertz CT molecular complexity index is 640. The van der Waals surface area contributed by atoms with Gasteiger partial charge in [-0.25, -0.2) is 4.98 Å². The molecular formula is C14H10NO. The van der Waals surface area contributed by atoms with E-state index in [0.29, 0.717) is 11.7 Å². The summed E-state index contributed by atoms with van der Waals surface area (Å²) in [4.78, 5) is 4.10. The van der Waals surface area contributed by atoms with E-state index in [-0.39, 0.29) is 0 Å². The molecule has 0 atom stereocenters. The Labute approximate surface area is 93.5 Å². The predicted octanol–water partition coefficient (Wildman–Crippen LogP) is 3.60. The molecule has 0 aliphatic heterocycles. The van der Waals surface area contributed by atoms with E-state index < -0.39 is 0 Å². The van der Waals surface area contributed by atoms with Crippen molar-refractivity contribution in [2.24, 2.45) is 0 Å². The van der Waals surface area contributed by atoms with Gasteiger partial charge in [-0.05, 0) is 29.8 Å². The fourth-order valence-electron chi connectivity index (χ4n) is 1.77. The molecule has 2 nitrogen and oxygen atoms in total. The smallest absolute Gasteiger partial charge is 0.226 e. The van der Waals surface area contributed by atoms with Crippen molar-refractivity contribution >= 4 is 10.8 Å². The summed E-state index contributed by atoms with van der Waals surface area (Å²) in [5.41, 5.74) is 0.989. The van der Waals surface area contributed by atoms with E-state index in [2.05, 4.69) is 35.4 Å². The lowest BCUT2D eigenvalue weighted by Crippen LogP contribution is -1.78. The van der Waals surface area contributed by atoms with E-state index in [1.807, 2.05) is 25.1 Å². The fourth-order valence-corrected chi connectivity index (χ4v) is 1.77. The first-order valence-electron chi connectivity index (χ1n) is 5.17. The van der Waals surface area contributed by atoms with E-state index in [9.17, 15) is 0 Å². The lowest BCUT2D eigenvalue weighted by molar-refractivity contribution is 0.542. The maximum absolute atomic E-state index is 5.45. The number of hydrogen-bond acceptors (Lipinski definition) is 2. The number of aryl methyl sites for hydroxylation is 1. The molecule has 1 radical (unpaired) electrons. The molecule has 3 aromatic rings. The van der Waals surface area contributed by atoms with Gasteiger partial charge in [-0.2, -0.15) is 0 Å². The van der Waals surface area contributed by atoms with Crippen molar-refractivity contribution in [1.29, 1.82) is 0 Å². The van der Waals surface area contributed by atoms with Gasteiger partial charge < -0.3 is 4.42 Å². The average Bonchev–Trinajstić information content (AvgIpc) is 2.75. The summed E-state index contributed by atoms with van der Waals surface area (Å²) in [5, 5.41) is 2.41. The number of hydrogen-bond donors (Lipinski definition) is 0. The molecule has 0 amide bonds. The molecule has 1 aromatic heterocycles. The van der Waals surface area contributed by atoms with Crippen molar-refractivity contribution in [2.45, 2.75) is 6.92 Å². The van der Waals surface area contributed by atoms with Crippen molar-refractivity contribution in [3.63, 3.8) is 0 Å². The van der Waals surface area contributed by atoms with E-state index in [4.69, 9.17) is 4.42 Å². The quantitative estimate of drug-likeness (QED) is 0.610. The van der Waals surface area contributed by atoms with Crippen LogP contribution in [0.4, 0.5) is 0 Å². The highest BCUT2D eigenvalue weighted by Crippen LogP contribution is 2.23. The molecule has 3 rings (SSSR count). The van der Waals surface area contributed by atoms with E-state index in [1.165, 1.54) is 10.8 Å². The second-order valence-electron chi connectivity index (χ2n) is 3.75. The monoisotopic (exact) mass is 208 g/mol. The summed E-state index contributed by atoms with van der Waals surface area (Å²) < 4.78 is 5.45. The number of fused-ring (bicyclic) bond motifs is 1. The van der Waals surface area contributed by atoms with Gasteiger partial charge in [0.1, 0.15) is 12.0 Å². The number of nitrogens with zero attached hydrogens (tertiary/aromatic N) is 1. The Kier molecular flexibility index (Phi) is 2.00. The molecule has 0 N–H and O–H groups in total. The van der Waals surface area contributed by atoms with Gasteiger partial charge in [-0.1, -0.05) is 30.3 Å². The van der Waals surface area contributed by atoms with Crippen molar-refractivity contribution in [2.75, 3.05) is 0 Å². The van der Waals surface area contributed by atoms with Gasteiger partial charge in [0.25, 0.3) is 0 Å². The summed E-state index contributed by atoms with van der Waals surface area (Å²) >= 11 is 0. The SMILES string of the molecule is Cc1[c]nc(-c2ccc3ccccc3c2)o1. The average molecular weight is 208 g/mol. The van der Waals surface area contributed by atoms with Gasteiger partial charge in [0.05, 0.1) is 0 Å². The Morgan fingerprint density at radius 3 is 2.62 bits per heavy atom. The molecule has 1 heterocycles. The Morgan fingerprint density at radius 1 is 1.06 bits per heavy atom. The first-order valence-corrected chi connectivity index (χ1v) is 5.17. The summed E-state index contributed by atoms with van der Waals surface area (Å²) in [6.45, 7) is 1.84. The predicted molar refractivity (Wildman–Crippen MR) is 63.0 cm³/mol. The molecule has 0 saturated carbocycles. The number of benzene rings is 2. The molecule has 0 bridgehead atoms. The Hall–Kier alpha value is -2.09. The number of aromatic nitrogens is 1. The third kappa shape index (κ3) is 1.48. The van der Waals surface area contributed by atoms with E-state index in [0.717, 1.165) is 5.56 Å². The molecular weight excluding hydrogens is 198 g/mol. The van der Waals surface area contributed by atoms with Gasteiger partial charge in [-0.3, -0.25) is 0 Å². The Morgan fingerprint density at radius 2 is 1.88 bits per heavy atom. The molecule has 0 spiro atoms. The summed E-state index contributed by atoms with van der Waals surface area (Å²) in [6, 6.07) is 14.4. The molecule has 0 unspecified atom stereocenters. The number of oxazole rings is 1. The van der Waals surface area contributed by atoms with Gasteiger partial charge in [0.2, 0.25) is 5.89 Å². The van der Waals surface area contributed by atoms with Crippen LogP contribution in [0.25, 0.3) is 22.2 Å². The maximum Gasteiger partial charge on any atom is 0.226 e. The molecule has 2 heteroatoms. The zero-order chi connectivity index (χ0) is 11.0. The zero-order valence-electron chi connectivity index (χ0n) is 8.90. The second kappa shape index (κ2) is 3.49. The van der Waals surface area contributed by atoms with Crippen LogP contribution in [0, 0.1) is 13.1 Å². The third-order valence-corrected chi connectivity index (χ3v) is 2.56. The molecule has 0 fully saturated rings. The highest BCUT2D eigenvalue weighted by molar-refractivity contribution is 5.86. The maximum atomic E-state index is 5.45. The second-order valence-corrected chi connectivity index (χ2v) is 3.75. The topological polar surface area (TPSA) is 26.0 Å². The van der Waals surface area contributed by atoms with Gasteiger partial charge in [-0.15, -0.1) is 0 Å². The molecule has 0 saturated heterocycles. The van der Waals surface area contributed by atoms with Crippen molar-refractivity contribution in [3.8, 4) is 11.5 Å². The standard InChI is InChI=1S/C14H10NO/c1-10-9-15-14(16-10)13-7-6-11-4-2-3-5-12(11)8-13/h2-8H,1H3. The van der Waals surface area contributed by atoms with Crippen molar-refractivity contribution in [1.82, 2.24) is 4.98 Å². The summed E-state index contributed by atoms with van der Waals surface area (Å²) in [6.07, 6.45) is 2.80. The van der Waals surface area contributed by atoms with Crippen molar-refractivity contribution < 1.29 is 4.42 Å². The molecule has 16 heavy (non-hydrogen) atoms. The molecule has 77 valence electrons. The van der Waals surface area contributed by atoms with Crippen LogP contribution in [0.1, 0.15) is 5.76 Å². The lowest BCUT2D eigenvalue weighted by Gasteiger charge is -1.99. The first-order chi connectivity index (χ1) is 7.83. The molecule has 0 aliphatic carbocycles. The van der Waals surface area contributed by atoms with Gasteiger partial charge in [0, 0.05) is 5.56 Å². The van der Waals surface area contributed by atoms with Gasteiger partial charge >= 0.3 is 0 Å². The van der Waals surface area contributed by atoms with E-state index in [1.54, 1.807) is 0 Å². The van der Waals surface area contributed by atoms with E-state index >= 15 is 0 Å².